The highest BCUT2D eigenvalue weighted by molar-refractivity contribution is 5.78. The van der Waals surface area contributed by atoms with E-state index in [0.29, 0.717) is 5.92 Å². The Bertz CT molecular complexity index is 494. The Morgan fingerprint density at radius 1 is 1.33 bits per heavy atom. The second kappa shape index (κ2) is 2.86. The molecule has 15 heavy (non-hydrogen) atoms. The molecule has 1 saturated carbocycles. The van der Waals surface area contributed by atoms with Crippen molar-refractivity contribution >= 4 is 11.0 Å². The van der Waals surface area contributed by atoms with Gasteiger partial charge in [-0.3, -0.25) is 0 Å². The summed E-state index contributed by atoms with van der Waals surface area (Å²) in [5.74, 6) is 0.654. The molecule has 2 nitrogen and oxygen atoms in total. The highest BCUT2D eigenvalue weighted by Gasteiger charge is 2.39. The summed E-state index contributed by atoms with van der Waals surface area (Å²) in [6.45, 7) is 2.13. The number of fused-ring (bicyclic) bond motifs is 1. The Balaban J connectivity index is 2.09. The molecule has 1 aliphatic rings. The highest BCUT2D eigenvalue weighted by Crippen LogP contribution is 2.44. The monoisotopic (exact) mass is 201 g/mol. The van der Waals surface area contributed by atoms with Crippen LogP contribution in [0.5, 0.6) is 0 Å². The van der Waals surface area contributed by atoms with E-state index in [1.165, 1.54) is 18.4 Å². The second-order valence-corrected chi connectivity index (χ2v) is 4.73. The van der Waals surface area contributed by atoms with Crippen LogP contribution in [0.25, 0.3) is 11.0 Å². The summed E-state index contributed by atoms with van der Waals surface area (Å²) in [7, 11) is 0. The van der Waals surface area contributed by atoms with Crippen LogP contribution in [0.3, 0.4) is 0 Å². The lowest BCUT2D eigenvalue weighted by Gasteiger charge is -2.25. The molecule has 2 N–H and O–H groups in total. The summed E-state index contributed by atoms with van der Waals surface area (Å²) in [6, 6.07) is 8.24. The van der Waals surface area contributed by atoms with Crippen LogP contribution < -0.4 is 5.73 Å². The first-order valence-electron chi connectivity index (χ1n) is 5.44. The maximum atomic E-state index is 6.37. The molecule has 3 rings (SSSR count). The highest BCUT2D eigenvalue weighted by atomic mass is 16.3. The third-order valence-corrected chi connectivity index (χ3v) is 3.50. The first kappa shape index (κ1) is 8.98. The zero-order chi connectivity index (χ0) is 10.5. The molecule has 0 radical (unpaired) electrons. The summed E-state index contributed by atoms with van der Waals surface area (Å²) in [4.78, 5) is 0. The van der Waals surface area contributed by atoms with Gasteiger partial charge in [0.05, 0.1) is 6.26 Å². The molecule has 1 aromatic heterocycles. The van der Waals surface area contributed by atoms with Crippen molar-refractivity contribution < 1.29 is 4.42 Å². The van der Waals surface area contributed by atoms with Gasteiger partial charge in [-0.25, -0.2) is 0 Å². The van der Waals surface area contributed by atoms with Crippen molar-refractivity contribution in [3.8, 4) is 0 Å². The average Bonchev–Trinajstić information content (AvgIpc) is 2.97. The third-order valence-electron chi connectivity index (χ3n) is 3.50. The number of hydrogen-bond acceptors (Lipinski definition) is 2. The average molecular weight is 201 g/mol. The quantitative estimate of drug-likeness (QED) is 0.811. The topological polar surface area (TPSA) is 39.2 Å². The number of hydrogen-bond donors (Lipinski definition) is 1. The minimum atomic E-state index is -0.175. The van der Waals surface area contributed by atoms with Gasteiger partial charge in [-0.1, -0.05) is 6.07 Å². The first-order chi connectivity index (χ1) is 7.18. The van der Waals surface area contributed by atoms with Gasteiger partial charge in [0.1, 0.15) is 5.58 Å². The minimum absolute atomic E-state index is 0.175. The van der Waals surface area contributed by atoms with Gasteiger partial charge < -0.3 is 10.2 Å². The predicted octanol–water partition coefficient (Wildman–Crippen LogP) is 3.02. The van der Waals surface area contributed by atoms with E-state index in [-0.39, 0.29) is 5.54 Å². The lowest BCUT2D eigenvalue weighted by Crippen LogP contribution is -2.35. The summed E-state index contributed by atoms with van der Waals surface area (Å²) in [5, 5.41) is 1.14. The van der Waals surface area contributed by atoms with Crippen molar-refractivity contribution in [1.82, 2.24) is 0 Å². The molecule has 0 amide bonds. The van der Waals surface area contributed by atoms with Crippen molar-refractivity contribution in [2.45, 2.75) is 25.3 Å². The first-order valence-corrected chi connectivity index (χ1v) is 5.44. The molecular formula is C13H15NO. The van der Waals surface area contributed by atoms with Crippen LogP contribution in [0.2, 0.25) is 0 Å². The molecule has 1 atom stereocenters. The van der Waals surface area contributed by atoms with Gasteiger partial charge in [0.25, 0.3) is 0 Å². The molecule has 2 aromatic rings. The van der Waals surface area contributed by atoms with Crippen molar-refractivity contribution in [1.29, 1.82) is 0 Å². The van der Waals surface area contributed by atoms with Gasteiger partial charge in [-0.15, -0.1) is 0 Å². The van der Waals surface area contributed by atoms with Crippen LogP contribution >= 0.6 is 0 Å². The van der Waals surface area contributed by atoms with Crippen LogP contribution in [0.15, 0.2) is 34.9 Å². The SMILES string of the molecule is CC(N)(c1ccc2occc2c1)C1CC1. The van der Waals surface area contributed by atoms with Gasteiger partial charge in [0.15, 0.2) is 0 Å². The lowest BCUT2D eigenvalue weighted by atomic mass is 9.88. The molecule has 1 fully saturated rings. The van der Waals surface area contributed by atoms with Gasteiger partial charge in [0, 0.05) is 10.9 Å². The van der Waals surface area contributed by atoms with Gasteiger partial charge in [-0.2, -0.15) is 0 Å². The van der Waals surface area contributed by atoms with E-state index in [1.807, 2.05) is 12.1 Å². The molecule has 1 aromatic carbocycles. The summed E-state index contributed by atoms with van der Waals surface area (Å²) >= 11 is 0. The normalized spacial score (nSPS) is 20.4. The summed E-state index contributed by atoms with van der Waals surface area (Å²) in [5.41, 5.74) is 8.35. The third kappa shape index (κ3) is 1.37. The molecule has 78 valence electrons. The van der Waals surface area contributed by atoms with Crippen molar-refractivity contribution in [3.05, 3.63) is 36.1 Å². The van der Waals surface area contributed by atoms with E-state index in [4.69, 9.17) is 10.2 Å². The Hall–Kier alpha value is -1.28. The fourth-order valence-electron chi connectivity index (χ4n) is 2.22. The predicted molar refractivity (Wildman–Crippen MR) is 60.5 cm³/mol. The molecule has 0 aliphatic heterocycles. The maximum Gasteiger partial charge on any atom is 0.133 e. The zero-order valence-corrected chi connectivity index (χ0v) is 8.86. The molecular weight excluding hydrogens is 186 g/mol. The number of rotatable bonds is 2. The van der Waals surface area contributed by atoms with E-state index in [9.17, 15) is 0 Å². The van der Waals surface area contributed by atoms with Crippen LogP contribution in [0.1, 0.15) is 25.3 Å². The van der Waals surface area contributed by atoms with Crippen LogP contribution in [-0.4, -0.2) is 0 Å². The molecule has 2 heteroatoms. The number of benzene rings is 1. The van der Waals surface area contributed by atoms with Gasteiger partial charge in [-0.05, 0) is 49.4 Å². The Morgan fingerprint density at radius 3 is 2.87 bits per heavy atom. The maximum absolute atomic E-state index is 6.37. The second-order valence-electron chi connectivity index (χ2n) is 4.73. The molecule has 0 spiro atoms. The Labute approximate surface area is 89.1 Å². The smallest absolute Gasteiger partial charge is 0.133 e. The summed E-state index contributed by atoms with van der Waals surface area (Å²) < 4.78 is 5.32. The van der Waals surface area contributed by atoms with Gasteiger partial charge in [0.2, 0.25) is 0 Å². The fraction of sp³-hybridized carbons (Fsp3) is 0.385. The Morgan fingerprint density at radius 2 is 2.13 bits per heavy atom. The van der Waals surface area contributed by atoms with E-state index in [2.05, 4.69) is 19.1 Å². The van der Waals surface area contributed by atoms with Crippen LogP contribution in [0.4, 0.5) is 0 Å². The largest absolute Gasteiger partial charge is 0.464 e. The fourth-order valence-corrected chi connectivity index (χ4v) is 2.22. The van der Waals surface area contributed by atoms with E-state index >= 15 is 0 Å². The summed E-state index contributed by atoms with van der Waals surface area (Å²) in [6.07, 6.45) is 4.24. The van der Waals surface area contributed by atoms with Crippen LogP contribution in [-0.2, 0) is 5.54 Å². The van der Waals surface area contributed by atoms with Crippen LogP contribution in [0, 0.1) is 5.92 Å². The lowest BCUT2D eigenvalue weighted by molar-refractivity contribution is 0.427. The number of nitrogens with two attached hydrogens (primary N) is 1. The molecule has 1 heterocycles. The molecule has 0 saturated heterocycles. The Kier molecular flexibility index (Phi) is 1.71. The zero-order valence-electron chi connectivity index (χ0n) is 8.86. The van der Waals surface area contributed by atoms with E-state index in [1.54, 1.807) is 6.26 Å². The number of furan rings is 1. The minimum Gasteiger partial charge on any atom is -0.464 e. The van der Waals surface area contributed by atoms with Crippen molar-refractivity contribution in [2.75, 3.05) is 0 Å². The van der Waals surface area contributed by atoms with Crippen molar-refractivity contribution in [2.24, 2.45) is 11.7 Å². The van der Waals surface area contributed by atoms with Gasteiger partial charge >= 0.3 is 0 Å². The van der Waals surface area contributed by atoms with E-state index < -0.39 is 0 Å². The van der Waals surface area contributed by atoms with Crippen molar-refractivity contribution in [3.63, 3.8) is 0 Å². The molecule has 1 unspecified atom stereocenters. The standard InChI is InChI=1S/C13H15NO/c1-13(14,10-2-3-10)11-4-5-12-9(8-11)6-7-15-12/h4-8,10H,2-3,14H2,1H3. The van der Waals surface area contributed by atoms with E-state index in [0.717, 1.165) is 11.0 Å². The molecule has 1 aliphatic carbocycles. The molecule has 0 bridgehead atoms.